The largest absolute Gasteiger partial charge is 0.439 e. The Kier molecular flexibility index (Phi) is 6.46. The maximum Gasteiger partial charge on any atom is 0.267 e. The lowest BCUT2D eigenvalue weighted by atomic mass is 10.00. The second kappa shape index (κ2) is 9.71. The summed E-state index contributed by atoms with van der Waals surface area (Å²) in [6.45, 7) is 5.00. The molecule has 0 bridgehead atoms. The average Bonchev–Trinajstić information content (AvgIpc) is 3.52. The smallest absolute Gasteiger partial charge is 0.267 e. The highest BCUT2D eigenvalue weighted by molar-refractivity contribution is 7.92. The number of sulfonamides is 1. The van der Waals surface area contributed by atoms with Crippen LogP contribution in [0.2, 0.25) is 0 Å². The number of rotatable bonds is 7. The van der Waals surface area contributed by atoms with Crippen molar-refractivity contribution in [3.05, 3.63) is 77.6 Å². The van der Waals surface area contributed by atoms with E-state index in [0.29, 0.717) is 17.5 Å². The molecule has 4 aromatic rings. The van der Waals surface area contributed by atoms with E-state index < -0.39 is 10.0 Å². The number of ether oxygens (including phenoxy) is 1. The van der Waals surface area contributed by atoms with E-state index in [2.05, 4.69) is 25.1 Å². The third kappa shape index (κ3) is 5.09. The van der Waals surface area contributed by atoms with Gasteiger partial charge in [0.25, 0.3) is 10.0 Å². The Morgan fingerprint density at radius 2 is 1.83 bits per heavy atom. The third-order valence-corrected chi connectivity index (χ3v) is 7.50. The average molecular weight is 505 g/mol. The van der Waals surface area contributed by atoms with Gasteiger partial charge in [0.15, 0.2) is 0 Å². The Hall–Kier alpha value is -3.76. The fraction of sp³-hybridized carbons (Fsp3) is 0.269. The van der Waals surface area contributed by atoms with Crippen molar-refractivity contribution in [3.8, 4) is 22.9 Å². The van der Waals surface area contributed by atoms with Crippen LogP contribution in [0.1, 0.15) is 35.6 Å². The lowest BCUT2D eigenvalue weighted by Crippen LogP contribution is -2.15. The summed E-state index contributed by atoms with van der Waals surface area (Å²) >= 11 is 0. The fourth-order valence-corrected chi connectivity index (χ4v) is 5.37. The van der Waals surface area contributed by atoms with Crippen LogP contribution in [0.3, 0.4) is 0 Å². The van der Waals surface area contributed by atoms with E-state index in [4.69, 9.17) is 4.74 Å². The minimum Gasteiger partial charge on any atom is -0.439 e. The molecule has 1 unspecified atom stereocenters. The van der Waals surface area contributed by atoms with Gasteiger partial charge >= 0.3 is 0 Å². The summed E-state index contributed by atoms with van der Waals surface area (Å²) in [5.41, 5.74) is 4.69. The second-order valence-corrected chi connectivity index (χ2v) is 10.6. The van der Waals surface area contributed by atoms with Crippen molar-refractivity contribution in [1.29, 1.82) is 0 Å². The first-order valence-electron chi connectivity index (χ1n) is 11.8. The molecule has 2 N–H and O–H groups in total. The summed E-state index contributed by atoms with van der Waals surface area (Å²) in [5.74, 6) is 0.753. The lowest BCUT2D eigenvalue weighted by Gasteiger charge is -2.14. The number of aryl methyl sites for hydroxylation is 3. The molecule has 0 radical (unpaired) electrons. The molecule has 1 aliphatic rings. The van der Waals surface area contributed by atoms with Crippen molar-refractivity contribution >= 4 is 16.0 Å². The Morgan fingerprint density at radius 3 is 2.47 bits per heavy atom. The molecule has 0 amide bonds. The molecule has 186 valence electrons. The first kappa shape index (κ1) is 24.0. The van der Waals surface area contributed by atoms with Crippen LogP contribution < -0.4 is 14.8 Å². The number of nitrogens with zero attached hydrogens (tertiary/aromatic N) is 4. The Bertz CT molecular complexity index is 1470. The molecule has 0 aliphatic carbocycles. The minimum absolute atomic E-state index is 0.0182. The molecule has 36 heavy (non-hydrogen) atoms. The number of nitrogens with one attached hydrogen (secondary N) is 2. The Balaban J connectivity index is 1.50. The lowest BCUT2D eigenvalue weighted by molar-refractivity contribution is 0.462. The van der Waals surface area contributed by atoms with E-state index in [1.54, 1.807) is 13.1 Å². The van der Waals surface area contributed by atoms with Crippen LogP contribution >= 0.6 is 0 Å². The highest BCUT2D eigenvalue weighted by Gasteiger charge is 2.21. The molecule has 2 aromatic carbocycles. The van der Waals surface area contributed by atoms with Gasteiger partial charge in [-0.05, 0) is 62.1 Å². The van der Waals surface area contributed by atoms with Crippen LogP contribution in [-0.4, -0.2) is 34.7 Å². The van der Waals surface area contributed by atoms with Gasteiger partial charge in [-0.2, -0.15) is 10.1 Å². The maximum atomic E-state index is 12.9. The molecule has 0 saturated carbocycles. The van der Waals surface area contributed by atoms with Crippen LogP contribution in [0.25, 0.3) is 11.3 Å². The molecule has 2 aromatic heterocycles. The molecular weight excluding hydrogens is 476 g/mol. The van der Waals surface area contributed by atoms with Crippen LogP contribution in [0, 0.1) is 13.8 Å². The predicted octanol–water partition coefficient (Wildman–Crippen LogP) is 4.51. The number of aromatic nitrogens is 4. The number of hydrogen-bond acceptors (Lipinski definition) is 7. The second-order valence-electron chi connectivity index (χ2n) is 8.96. The van der Waals surface area contributed by atoms with Gasteiger partial charge in [0.05, 0.1) is 11.9 Å². The molecule has 5 rings (SSSR count). The van der Waals surface area contributed by atoms with Gasteiger partial charge in [0.1, 0.15) is 10.6 Å². The van der Waals surface area contributed by atoms with Gasteiger partial charge < -0.3 is 10.1 Å². The topological polar surface area (TPSA) is 111 Å². The molecule has 1 atom stereocenters. The van der Waals surface area contributed by atoms with Gasteiger partial charge in [-0.3, -0.25) is 4.68 Å². The zero-order chi connectivity index (χ0) is 25.3. The monoisotopic (exact) mass is 504 g/mol. The first-order chi connectivity index (χ1) is 17.3. The molecule has 1 saturated heterocycles. The Morgan fingerprint density at radius 1 is 1.08 bits per heavy atom. The van der Waals surface area contributed by atoms with Crippen molar-refractivity contribution < 1.29 is 13.2 Å². The molecular formula is C26H28N6O3S. The third-order valence-electron chi connectivity index (χ3n) is 6.22. The normalized spacial score (nSPS) is 15.7. The SMILES string of the molecule is Cc1cccc(C)c1-c1cc(Oc2ccc(C3CCCN3)cc2)nc(NS(=O)(=O)c2cnn(C)c2)n1. The van der Waals surface area contributed by atoms with Gasteiger partial charge in [0, 0.05) is 30.9 Å². The molecule has 3 heterocycles. The van der Waals surface area contributed by atoms with E-state index in [-0.39, 0.29) is 16.7 Å². The van der Waals surface area contributed by atoms with Gasteiger partial charge in [-0.1, -0.05) is 30.3 Å². The van der Waals surface area contributed by atoms with Crippen LogP contribution in [-0.2, 0) is 17.1 Å². The van der Waals surface area contributed by atoms with Gasteiger partial charge in [-0.15, -0.1) is 0 Å². The zero-order valence-electron chi connectivity index (χ0n) is 20.4. The predicted molar refractivity (Wildman–Crippen MR) is 137 cm³/mol. The summed E-state index contributed by atoms with van der Waals surface area (Å²) in [5, 5.41) is 7.44. The van der Waals surface area contributed by atoms with E-state index >= 15 is 0 Å². The summed E-state index contributed by atoms with van der Waals surface area (Å²) in [6.07, 6.45) is 4.97. The highest BCUT2D eigenvalue weighted by Crippen LogP contribution is 2.32. The Labute approximate surface area is 210 Å². The first-order valence-corrected chi connectivity index (χ1v) is 13.3. The summed E-state index contributed by atoms with van der Waals surface area (Å²) in [7, 11) is -2.29. The highest BCUT2D eigenvalue weighted by atomic mass is 32.2. The molecule has 1 aliphatic heterocycles. The van der Waals surface area contributed by atoms with Crippen molar-refractivity contribution in [1.82, 2.24) is 25.1 Å². The molecule has 1 fully saturated rings. The van der Waals surface area contributed by atoms with Crippen LogP contribution in [0.4, 0.5) is 5.95 Å². The fourth-order valence-electron chi connectivity index (χ4n) is 4.44. The van der Waals surface area contributed by atoms with E-state index in [1.807, 2.05) is 56.3 Å². The molecule has 0 spiro atoms. The summed E-state index contributed by atoms with van der Waals surface area (Å²) in [6, 6.07) is 15.9. The van der Waals surface area contributed by atoms with Crippen molar-refractivity contribution in [3.63, 3.8) is 0 Å². The van der Waals surface area contributed by atoms with E-state index in [0.717, 1.165) is 29.7 Å². The van der Waals surface area contributed by atoms with Crippen molar-refractivity contribution in [2.75, 3.05) is 11.3 Å². The number of benzene rings is 2. The standard InChI is InChI=1S/C26H28N6O3S/c1-17-6-4-7-18(2)25(17)23-14-24(35-20-11-9-19(10-12-20)22-8-5-13-27-22)30-26(29-23)31-36(33,34)21-15-28-32(3)16-21/h4,6-7,9-12,14-16,22,27H,5,8,13H2,1-3H3,(H,29,30,31). The summed E-state index contributed by atoms with van der Waals surface area (Å²) < 4.78 is 35.9. The van der Waals surface area contributed by atoms with Crippen molar-refractivity contribution in [2.45, 2.75) is 37.6 Å². The van der Waals surface area contributed by atoms with Gasteiger partial charge in [0.2, 0.25) is 11.8 Å². The van der Waals surface area contributed by atoms with E-state index in [9.17, 15) is 8.42 Å². The van der Waals surface area contributed by atoms with Gasteiger partial charge in [-0.25, -0.2) is 18.1 Å². The molecule has 10 heteroatoms. The number of hydrogen-bond donors (Lipinski definition) is 2. The van der Waals surface area contributed by atoms with Crippen molar-refractivity contribution in [2.24, 2.45) is 7.05 Å². The number of anilines is 1. The van der Waals surface area contributed by atoms with E-state index in [1.165, 1.54) is 29.1 Å². The quantitative estimate of drug-likeness (QED) is 0.381. The zero-order valence-corrected chi connectivity index (χ0v) is 21.2. The molecule has 9 nitrogen and oxygen atoms in total. The van der Waals surface area contributed by atoms with Crippen LogP contribution in [0.5, 0.6) is 11.6 Å². The maximum absolute atomic E-state index is 12.9. The minimum atomic E-state index is -3.94. The van der Waals surface area contributed by atoms with Crippen LogP contribution in [0.15, 0.2) is 65.8 Å². The summed E-state index contributed by atoms with van der Waals surface area (Å²) in [4.78, 5) is 8.92.